The van der Waals surface area contributed by atoms with Gasteiger partial charge in [-0.3, -0.25) is 14.9 Å². The monoisotopic (exact) mass is 342 g/mol. The number of pyridine rings is 1. The zero-order valence-corrected chi connectivity index (χ0v) is 13.6. The normalized spacial score (nSPS) is 14.2. The number of nitrogens with one attached hydrogen (secondary N) is 1. The second-order valence-corrected chi connectivity index (χ2v) is 5.62. The molecule has 0 aliphatic carbocycles. The third-order valence-corrected chi connectivity index (χ3v) is 3.92. The van der Waals surface area contributed by atoms with Crippen molar-refractivity contribution in [1.29, 1.82) is 0 Å². The SMILES string of the molecule is O=C(Cc1ccc(Nc2ncccc2[N+](=O)[O-])cc1)N1CCOCC1. The number of carbonyl (C=O) groups excluding carboxylic acids is 1. The highest BCUT2D eigenvalue weighted by atomic mass is 16.6. The fourth-order valence-corrected chi connectivity index (χ4v) is 2.58. The number of nitrogens with zero attached hydrogens (tertiary/aromatic N) is 3. The summed E-state index contributed by atoms with van der Waals surface area (Å²) in [4.78, 5) is 28.6. The lowest BCUT2D eigenvalue weighted by molar-refractivity contribution is -0.384. The number of amides is 1. The minimum Gasteiger partial charge on any atom is -0.378 e. The van der Waals surface area contributed by atoms with Gasteiger partial charge in [-0.05, 0) is 23.8 Å². The standard InChI is InChI=1S/C17H18N4O4/c22-16(20-8-10-25-11-9-20)12-13-3-5-14(6-4-13)19-17-15(21(23)24)2-1-7-18-17/h1-7H,8-12H2,(H,18,19). The second-order valence-electron chi connectivity index (χ2n) is 5.62. The average Bonchev–Trinajstić information content (AvgIpc) is 2.64. The van der Waals surface area contributed by atoms with E-state index < -0.39 is 4.92 Å². The quantitative estimate of drug-likeness (QED) is 0.660. The number of rotatable bonds is 5. The first kappa shape index (κ1) is 16.8. The molecule has 1 aliphatic rings. The second kappa shape index (κ2) is 7.71. The van der Waals surface area contributed by atoms with Crippen LogP contribution < -0.4 is 5.32 Å². The summed E-state index contributed by atoms with van der Waals surface area (Å²) in [6, 6.07) is 10.1. The topological polar surface area (TPSA) is 97.6 Å². The number of carbonyl (C=O) groups is 1. The lowest BCUT2D eigenvalue weighted by Crippen LogP contribution is -2.41. The van der Waals surface area contributed by atoms with E-state index in [1.54, 1.807) is 17.0 Å². The molecular formula is C17H18N4O4. The van der Waals surface area contributed by atoms with Crippen LogP contribution in [0.2, 0.25) is 0 Å². The summed E-state index contributed by atoms with van der Waals surface area (Å²) in [5.41, 5.74) is 1.47. The van der Waals surface area contributed by atoms with Crippen LogP contribution in [-0.2, 0) is 16.0 Å². The molecule has 130 valence electrons. The molecule has 25 heavy (non-hydrogen) atoms. The first-order valence-electron chi connectivity index (χ1n) is 7.94. The van der Waals surface area contributed by atoms with Gasteiger partial charge in [0.05, 0.1) is 24.6 Å². The maximum atomic E-state index is 12.2. The van der Waals surface area contributed by atoms with Crippen LogP contribution in [0.1, 0.15) is 5.56 Å². The molecule has 2 aromatic rings. The van der Waals surface area contributed by atoms with Gasteiger partial charge in [-0.1, -0.05) is 12.1 Å². The van der Waals surface area contributed by atoms with Gasteiger partial charge in [-0.2, -0.15) is 0 Å². The van der Waals surface area contributed by atoms with Crippen molar-refractivity contribution in [3.63, 3.8) is 0 Å². The number of morpholine rings is 1. The Hall–Kier alpha value is -3.00. The Morgan fingerprint density at radius 1 is 1.24 bits per heavy atom. The molecule has 0 atom stereocenters. The van der Waals surface area contributed by atoms with E-state index in [1.807, 2.05) is 12.1 Å². The number of hydrogen-bond donors (Lipinski definition) is 1. The van der Waals surface area contributed by atoms with Crippen LogP contribution in [0.25, 0.3) is 0 Å². The van der Waals surface area contributed by atoms with Gasteiger partial charge in [0.1, 0.15) is 0 Å². The van der Waals surface area contributed by atoms with Gasteiger partial charge in [0, 0.05) is 31.0 Å². The summed E-state index contributed by atoms with van der Waals surface area (Å²) in [6.07, 6.45) is 1.81. The van der Waals surface area contributed by atoms with Gasteiger partial charge in [0.2, 0.25) is 11.7 Å². The Morgan fingerprint density at radius 3 is 2.64 bits per heavy atom. The van der Waals surface area contributed by atoms with Crippen molar-refractivity contribution in [2.75, 3.05) is 31.6 Å². The third-order valence-electron chi connectivity index (χ3n) is 3.92. The highest BCUT2D eigenvalue weighted by molar-refractivity contribution is 5.79. The van der Waals surface area contributed by atoms with Gasteiger partial charge in [-0.25, -0.2) is 4.98 Å². The van der Waals surface area contributed by atoms with E-state index in [4.69, 9.17) is 4.74 Å². The maximum Gasteiger partial charge on any atom is 0.311 e. The molecule has 1 aromatic carbocycles. The number of hydrogen-bond acceptors (Lipinski definition) is 6. The molecule has 0 radical (unpaired) electrons. The first-order chi connectivity index (χ1) is 12.1. The lowest BCUT2D eigenvalue weighted by Gasteiger charge is -2.26. The Labute approximate surface area is 144 Å². The lowest BCUT2D eigenvalue weighted by atomic mass is 10.1. The smallest absolute Gasteiger partial charge is 0.311 e. The fraction of sp³-hybridized carbons (Fsp3) is 0.294. The minimum atomic E-state index is -0.481. The number of anilines is 2. The Morgan fingerprint density at radius 2 is 1.96 bits per heavy atom. The van der Waals surface area contributed by atoms with Gasteiger partial charge >= 0.3 is 5.69 Å². The first-order valence-corrected chi connectivity index (χ1v) is 7.94. The molecule has 1 fully saturated rings. The van der Waals surface area contributed by atoms with Crippen molar-refractivity contribution >= 4 is 23.1 Å². The van der Waals surface area contributed by atoms with Gasteiger partial charge in [-0.15, -0.1) is 0 Å². The largest absolute Gasteiger partial charge is 0.378 e. The van der Waals surface area contributed by atoms with Crippen molar-refractivity contribution < 1.29 is 14.5 Å². The van der Waals surface area contributed by atoms with E-state index >= 15 is 0 Å². The summed E-state index contributed by atoms with van der Waals surface area (Å²) in [7, 11) is 0. The minimum absolute atomic E-state index is 0.0735. The molecule has 1 N–H and O–H groups in total. The van der Waals surface area contributed by atoms with E-state index in [0.717, 1.165) is 5.56 Å². The predicted octanol–water partition coefficient (Wildman–Crippen LogP) is 2.13. The molecule has 8 heteroatoms. The highest BCUT2D eigenvalue weighted by Crippen LogP contribution is 2.24. The summed E-state index contributed by atoms with van der Waals surface area (Å²) in [5.74, 6) is 0.258. The number of ether oxygens (including phenoxy) is 1. The van der Waals surface area contributed by atoms with Gasteiger partial charge in [0.25, 0.3) is 0 Å². The van der Waals surface area contributed by atoms with Crippen LogP contribution in [0.4, 0.5) is 17.2 Å². The highest BCUT2D eigenvalue weighted by Gasteiger charge is 2.17. The Bertz CT molecular complexity index is 757. The fourth-order valence-electron chi connectivity index (χ4n) is 2.58. The predicted molar refractivity (Wildman–Crippen MR) is 91.7 cm³/mol. The molecule has 0 unspecified atom stereocenters. The Kier molecular flexibility index (Phi) is 5.20. The van der Waals surface area contributed by atoms with Gasteiger partial charge < -0.3 is 15.0 Å². The molecule has 3 rings (SSSR count). The number of benzene rings is 1. The Balaban J connectivity index is 1.64. The zero-order chi connectivity index (χ0) is 17.6. The molecule has 0 bridgehead atoms. The molecule has 8 nitrogen and oxygen atoms in total. The summed E-state index contributed by atoms with van der Waals surface area (Å²) in [6.45, 7) is 2.42. The molecule has 1 aliphatic heterocycles. The van der Waals surface area contributed by atoms with Crippen molar-refractivity contribution in [2.45, 2.75) is 6.42 Å². The molecule has 1 amide bonds. The van der Waals surface area contributed by atoms with E-state index in [2.05, 4.69) is 10.3 Å². The van der Waals surface area contributed by atoms with Crippen LogP contribution in [0.3, 0.4) is 0 Å². The van der Waals surface area contributed by atoms with Crippen LogP contribution in [0, 0.1) is 10.1 Å². The zero-order valence-electron chi connectivity index (χ0n) is 13.6. The van der Waals surface area contributed by atoms with Crippen LogP contribution in [0.15, 0.2) is 42.6 Å². The van der Waals surface area contributed by atoms with E-state index in [9.17, 15) is 14.9 Å². The van der Waals surface area contributed by atoms with Gasteiger partial charge in [0.15, 0.2) is 0 Å². The van der Waals surface area contributed by atoms with Crippen LogP contribution >= 0.6 is 0 Å². The summed E-state index contributed by atoms with van der Waals surface area (Å²) in [5, 5.41) is 13.9. The molecule has 1 aromatic heterocycles. The van der Waals surface area contributed by atoms with Crippen LogP contribution in [0.5, 0.6) is 0 Å². The average molecular weight is 342 g/mol. The molecule has 0 spiro atoms. The number of aromatic nitrogens is 1. The van der Waals surface area contributed by atoms with E-state index in [1.165, 1.54) is 18.3 Å². The molecular weight excluding hydrogens is 324 g/mol. The molecule has 2 heterocycles. The number of nitro groups is 1. The summed E-state index contributed by atoms with van der Waals surface area (Å²) >= 11 is 0. The van der Waals surface area contributed by atoms with E-state index in [0.29, 0.717) is 38.4 Å². The molecule has 1 saturated heterocycles. The van der Waals surface area contributed by atoms with Crippen molar-refractivity contribution in [3.8, 4) is 0 Å². The van der Waals surface area contributed by atoms with Crippen LogP contribution in [-0.4, -0.2) is 47.0 Å². The summed E-state index contributed by atoms with van der Waals surface area (Å²) < 4.78 is 5.24. The van der Waals surface area contributed by atoms with Crippen molar-refractivity contribution in [1.82, 2.24) is 9.88 Å². The molecule has 0 saturated carbocycles. The van der Waals surface area contributed by atoms with Crippen molar-refractivity contribution in [2.24, 2.45) is 0 Å². The third kappa shape index (κ3) is 4.30. The maximum absolute atomic E-state index is 12.2. The van der Waals surface area contributed by atoms with E-state index in [-0.39, 0.29) is 17.4 Å². The van der Waals surface area contributed by atoms with Crippen molar-refractivity contribution in [3.05, 3.63) is 58.3 Å².